The second-order valence-electron chi connectivity index (χ2n) is 4.40. The standard InChI is InChI=1S/C17H14NO3/c1-19-16-9-12-8-14(21-13-6-4-3-5-7-13)11-18-15(12)10-17(16)20-2/h3-6,8-11H,1-2H3. The molecular weight excluding hydrogens is 266 g/mol. The molecule has 0 unspecified atom stereocenters. The van der Waals surface area contributed by atoms with Gasteiger partial charge in [0.05, 0.1) is 25.9 Å². The summed E-state index contributed by atoms with van der Waals surface area (Å²) in [5, 5.41) is 0.918. The van der Waals surface area contributed by atoms with Gasteiger partial charge in [-0.3, -0.25) is 4.98 Å². The predicted octanol–water partition coefficient (Wildman–Crippen LogP) is 3.84. The van der Waals surface area contributed by atoms with E-state index in [1.165, 1.54) is 0 Å². The summed E-state index contributed by atoms with van der Waals surface area (Å²) >= 11 is 0. The molecule has 0 atom stereocenters. The van der Waals surface area contributed by atoms with Gasteiger partial charge in [-0.1, -0.05) is 18.2 Å². The van der Waals surface area contributed by atoms with Gasteiger partial charge in [0.25, 0.3) is 0 Å². The van der Waals surface area contributed by atoms with Gasteiger partial charge in [-0.2, -0.15) is 0 Å². The van der Waals surface area contributed by atoms with Crippen LogP contribution in [0.4, 0.5) is 0 Å². The van der Waals surface area contributed by atoms with Crippen LogP contribution in [0.15, 0.2) is 48.7 Å². The fourth-order valence-electron chi connectivity index (χ4n) is 2.06. The molecule has 1 aromatic heterocycles. The van der Waals surface area contributed by atoms with Crippen molar-refractivity contribution < 1.29 is 14.2 Å². The molecule has 0 aliphatic carbocycles. The molecule has 3 rings (SSSR count). The lowest BCUT2D eigenvalue weighted by atomic mass is 10.2. The van der Waals surface area contributed by atoms with E-state index in [0.717, 1.165) is 10.9 Å². The quantitative estimate of drug-likeness (QED) is 0.728. The van der Waals surface area contributed by atoms with Crippen molar-refractivity contribution in [2.45, 2.75) is 0 Å². The van der Waals surface area contributed by atoms with Crippen molar-refractivity contribution in [1.29, 1.82) is 0 Å². The number of para-hydroxylation sites is 1. The van der Waals surface area contributed by atoms with Crippen LogP contribution in [0.2, 0.25) is 0 Å². The molecule has 4 nitrogen and oxygen atoms in total. The van der Waals surface area contributed by atoms with E-state index in [1.807, 2.05) is 36.4 Å². The Labute approximate surface area is 122 Å². The Morgan fingerprint density at radius 3 is 2.52 bits per heavy atom. The van der Waals surface area contributed by atoms with Gasteiger partial charge in [0, 0.05) is 17.5 Å². The van der Waals surface area contributed by atoms with Crippen molar-refractivity contribution >= 4 is 10.9 Å². The first kappa shape index (κ1) is 13.2. The highest BCUT2D eigenvalue weighted by molar-refractivity contribution is 5.83. The number of nitrogens with zero attached hydrogens (tertiary/aromatic N) is 1. The van der Waals surface area contributed by atoms with Crippen LogP contribution < -0.4 is 14.2 Å². The van der Waals surface area contributed by atoms with Gasteiger partial charge in [0.15, 0.2) is 11.5 Å². The number of aromatic nitrogens is 1. The SMILES string of the molecule is COc1cc2cc(Oc3[c]cccc3)cnc2cc1OC. The molecule has 0 bridgehead atoms. The minimum atomic E-state index is 0.650. The van der Waals surface area contributed by atoms with E-state index < -0.39 is 0 Å². The Hall–Kier alpha value is -2.75. The molecule has 3 aromatic rings. The van der Waals surface area contributed by atoms with E-state index in [2.05, 4.69) is 11.1 Å². The molecule has 0 saturated carbocycles. The van der Waals surface area contributed by atoms with Crippen LogP contribution in [0.25, 0.3) is 10.9 Å². The Kier molecular flexibility index (Phi) is 3.60. The molecule has 1 radical (unpaired) electrons. The summed E-state index contributed by atoms with van der Waals surface area (Å²) < 4.78 is 16.3. The first-order valence-electron chi connectivity index (χ1n) is 6.46. The fourth-order valence-corrected chi connectivity index (χ4v) is 2.06. The number of pyridine rings is 1. The average Bonchev–Trinajstić information content (AvgIpc) is 2.54. The van der Waals surface area contributed by atoms with Crippen molar-refractivity contribution in [2.75, 3.05) is 14.2 Å². The summed E-state index contributed by atoms with van der Waals surface area (Å²) in [6.45, 7) is 0. The Morgan fingerprint density at radius 1 is 1.00 bits per heavy atom. The van der Waals surface area contributed by atoms with Crippen molar-refractivity contribution in [1.82, 2.24) is 4.98 Å². The van der Waals surface area contributed by atoms with Crippen molar-refractivity contribution in [2.24, 2.45) is 0 Å². The van der Waals surface area contributed by atoms with E-state index in [-0.39, 0.29) is 0 Å². The molecule has 1 heterocycles. The summed E-state index contributed by atoms with van der Waals surface area (Å²) in [6.07, 6.45) is 1.68. The van der Waals surface area contributed by atoms with E-state index >= 15 is 0 Å². The van der Waals surface area contributed by atoms with Crippen LogP contribution in [0.5, 0.6) is 23.0 Å². The van der Waals surface area contributed by atoms with Crippen molar-refractivity contribution in [3.05, 3.63) is 54.7 Å². The van der Waals surface area contributed by atoms with Crippen LogP contribution in [0.1, 0.15) is 0 Å². The van der Waals surface area contributed by atoms with E-state index in [1.54, 1.807) is 26.5 Å². The lowest BCUT2D eigenvalue weighted by molar-refractivity contribution is 0.355. The average molecular weight is 280 g/mol. The largest absolute Gasteiger partial charge is 0.493 e. The molecule has 0 N–H and O–H groups in total. The lowest BCUT2D eigenvalue weighted by Gasteiger charge is -2.10. The third-order valence-electron chi connectivity index (χ3n) is 3.07. The normalized spacial score (nSPS) is 10.4. The van der Waals surface area contributed by atoms with E-state index in [9.17, 15) is 0 Å². The topological polar surface area (TPSA) is 40.6 Å². The van der Waals surface area contributed by atoms with Gasteiger partial charge in [-0.05, 0) is 18.2 Å². The molecule has 0 aliphatic heterocycles. The first-order valence-corrected chi connectivity index (χ1v) is 6.46. The molecule has 0 aliphatic rings. The molecule has 0 amide bonds. The number of rotatable bonds is 4. The minimum Gasteiger partial charge on any atom is -0.493 e. The second-order valence-corrected chi connectivity index (χ2v) is 4.40. The Morgan fingerprint density at radius 2 is 1.81 bits per heavy atom. The number of fused-ring (bicyclic) bond motifs is 1. The lowest BCUT2D eigenvalue weighted by Crippen LogP contribution is -1.92. The zero-order chi connectivity index (χ0) is 14.7. The maximum absolute atomic E-state index is 5.73. The van der Waals surface area contributed by atoms with Gasteiger partial charge in [-0.25, -0.2) is 0 Å². The summed E-state index contributed by atoms with van der Waals surface area (Å²) in [6, 6.07) is 16.1. The molecule has 0 saturated heterocycles. The number of benzene rings is 2. The maximum atomic E-state index is 5.73. The zero-order valence-corrected chi connectivity index (χ0v) is 11.8. The number of hydrogen-bond acceptors (Lipinski definition) is 4. The van der Waals surface area contributed by atoms with Crippen molar-refractivity contribution in [3.63, 3.8) is 0 Å². The third kappa shape index (κ3) is 2.74. The van der Waals surface area contributed by atoms with E-state index in [4.69, 9.17) is 14.2 Å². The smallest absolute Gasteiger partial charge is 0.162 e. The van der Waals surface area contributed by atoms with Gasteiger partial charge in [0.1, 0.15) is 11.5 Å². The van der Waals surface area contributed by atoms with Gasteiger partial charge in [0.2, 0.25) is 0 Å². The van der Waals surface area contributed by atoms with Crippen LogP contribution in [-0.4, -0.2) is 19.2 Å². The maximum Gasteiger partial charge on any atom is 0.162 e. The number of hydrogen-bond donors (Lipinski definition) is 0. The Balaban J connectivity index is 1.99. The van der Waals surface area contributed by atoms with Crippen LogP contribution >= 0.6 is 0 Å². The fraction of sp³-hybridized carbons (Fsp3) is 0.118. The highest BCUT2D eigenvalue weighted by Crippen LogP contribution is 2.33. The highest BCUT2D eigenvalue weighted by atomic mass is 16.5. The number of ether oxygens (including phenoxy) is 3. The van der Waals surface area contributed by atoms with Gasteiger partial charge >= 0.3 is 0 Å². The van der Waals surface area contributed by atoms with Gasteiger partial charge < -0.3 is 14.2 Å². The summed E-state index contributed by atoms with van der Waals surface area (Å²) in [5.41, 5.74) is 0.817. The van der Waals surface area contributed by atoms with E-state index in [0.29, 0.717) is 23.0 Å². The molecular formula is C17H14NO3. The summed E-state index contributed by atoms with van der Waals surface area (Å²) in [4.78, 5) is 4.39. The monoisotopic (exact) mass is 280 g/mol. The van der Waals surface area contributed by atoms with Crippen LogP contribution in [0, 0.1) is 6.07 Å². The summed E-state index contributed by atoms with van der Waals surface area (Å²) in [5.74, 6) is 2.62. The second kappa shape index (κ2) is 5.71. The van der Waals surface area contributed by atoms with Crippen LogP contribution in [0.3, 0.4) is 0 Å². The molecule has 21 heavy (non-hydrogen) atoms. The summed E-state index contributed by atoms with van der Waals surface area (Å²) in [7, 11) is 3.21. The third-order valence-corrected chi connectivity index (χ3v) is 3.07. The van der Waals surface area contributed by atoms with Crippen LogP contribution in [-0.2, 0) is 0 Å². The predicted molar refractivity (Wildman–Crippen MR) is 80.2 cm³/mol. The first-order chi connectivity index (χ1) is 10.3. The molecule has 0 fully saturated rings. The molecule has 4 heteroatoms. The van der Waals surface area contributed by atoms with Gasteiger partial charge in [-0.15, -0.1) is 0 Å². The number of methoxy groups -OCH3 is 2. The zero-order valence-electron chi connectivity index (χ0n) is 11.8. The molecule has 2 aromatic carbocycles. The minimum absolute atomic E-state index is 0.650. The highest BCUT2D eigenvalue weighted by Gasteiger charge is 2.08. The molecule has 105 valence electrons. The Bertz CT molecular complexity index is 757. The molecule has 0 spiro atoms. The van der Waals surface area contributed by atoms with Crippen molar-refractivity contribution in [3.8, 4) is 23.0 Å².